The number of hydrogen-bond donors (Lipinski definition) is 0. The zero-order chi connectivity index (χ0) is 22.1. The fraction of sp³-hybridized carbons (Fsp3) is 0.450. The first-order chi connectivity index (χ1) is 15.5. The van der Waals surface area contributed by atoms with Crippen LogP contribution in [0.5, 0.6) is 0 Å². The number of pyridine rings is 1. The Kier molecular flexibility index (Phi) is 5.95. The lowest BCUT2D eigenvalue weighted by molar-refractivity contribution is 0.0730. The third-order valence-corrected chi connectivity index (χ3v) is 8.41. The molecule has 0 amide bonds. The van der Waals surface area contributed by atoms with Crippen molar-refractivity contribution in [3.63, 3.8) is 0 Å². The standard InChI is InChI=1S/C20H24N6O4S2/c27-19-13-16(22-20-26(19)9-12-31-20)15-23-3-5-24(6-4-23)18-2-1-17(14-21-18)32(28,29)25-7-10-30-11-8-25/h1-2,9,12-14H,3-8,10-11,15H2. The van der Waals surface area contributed by atoms with Gasteiger partial charge in [-0.25, -0.2) is 18.4 Å². The average molecular weight is 477 g/mol. The fourth-order valence-corrected chi connectivity index (χ4v) is 6.07. The predicted octanol–water partition coefficient (Wildman–Crippen LogP) is 0.494. The second-order valence-electron chi connectivity index (χ2n) is 7.77. The van der Waals surface area contributed by atoms with Crippen LogP contribution in [0.1, 0.15) is 5.69 Å². The van der Waals surface area contributed by atoms with Crippen LogP contribution in [0.15, 0.2) is 45.7 Å². The number of anilines is 1. The van der Waals surface area contributed by atoms with Gasteiger partial charge in [0.15, 0.2) is 4.96 Å². The van der Waals surface area contributed by atoms with Crippen LogP contribution in [0.2, 0.25) is 0 Å². The van der Waals surface area contributed by atoms with Gasteiger partial charge < -0.3 is 9.64 Å². The largest absolute Gasteiger partial charge is 0.379 e. The van der Waals surface area contributed by atoms with Gasteiger partial charge in [0.05, 0.1) is 18.9 Å². The van der Waals surface area contributed by atoms with Crippen LogP contribution >= 0.6 is 11.3 Å². The molecular weight excluding hydrogens is 452 g/mol. The van der Waals surface area contributed by atoms with Gasteiger partial charge in [-0.2, -0.15) is 4.31 Å². The number of fused-ring (bicyclic) bond motifs is 1. The SMILES string of the molecule is O=c1cc(CN2CCN(c3ccc(S(=O)(=O)N4CCOCC4)cn3)CC2)nc2sccn12. The molecule has 12 heteroatoms. The summed E-state index contributed by atoms with van der Waals surface area (Å²) in [7, 11) is -3.54. The summed E-state index contributed by atoms with van der Waals surface area (Å²) < 4.78 is 33.8. The van der Waals surface area contributed by atoms with Crippen LogP contribution in [-0.4, -0.2) is 84.5 Å². The van der Waals surface area contributed by atoms with E-state index in [1.807, 2.05) is 5.38 Å². The Bertz CT molecular complexity index is 1240. The van der Waals surface area contributed by atoms with Crippen LogP contribution in [0, 0.1) is 0 Å². The summed E-state index contributed by atoms with van der Waals surface area (Å²) in [5.41, 5.74) is 0.725. The molecule has 0 aliphatic carbocycles. The number of ether oxygens (including phenoxy) is 1. The van der Waals surface area contributed by atoms with Gasteiger partial charge >= 0.3 is 0 Å². The van der Waals surface area contributed by atoms with Crippen molar-refractivity contribution in [2.24, 2.45) is 0 Å². The van der Waals surface area contributed by atoms with Crippen LogP contribution in [0.3, 0.4) is 0 Å². The molecule has 0 unspecified atom stereocenters. The second-order valence-corrected chi connectivity index (χ2v) is 10.6. The van der Waals surface area contributed by atoms with Crippen molar-refractivity contribution in [3.05, 3.63) is 52.0 Å². The Hall–Kier alpha value is -2.38. The fourth-order valence-electron chi connectivity index (χ4n) is 3.98. The quantitative estimate of drug-likeness (QED) is 0.525. The third kappa shape index (κ3) is 4.28. The predicted molar refractivity (Wildman–Crippen MR) is 121 cm³/mol. The molecule has 0 atom stereocenters. The summed E-state index contributed by atoms with van der Waals surface area (Å²) in [4.78, 5) is 26.5. The number of piperazine rings is 1. The summed E-state index contributed by atoms with van der Waals surface area (Å²) in [6.07, 6.45) is 3.18. The van der Waals surface area contributed by atoms with E-state index in [9.17, 15) is 13.2 Å². The molecule has 3 aromatic heterocycles. The number of thiazole rings is 1. The molecule has 32 heavy (non-hydrogen) atoms. The number of aromatic nitrogens is 3. The Balaban J connectivity index is 1.21. The van der Waals surface area contributed by atoms with E-state index in [-0.39, 0.29) is 10.5 Å². The molecule has 170 valence electrons. The zero-order valence-corrected chi connectivity index (χ0v) is 19.1. The second kappa shape index (κ2) is 8.87. The highest BCUT2D eigenvalue weighted by molar-refractivity contribution is 7.89. The van der Waals surface area contributed by atoms with E-state index in [0.717, 1.165) is 37.7 Å². The third-order valence-electron chi connectivity index (χ3n) is 5.77. The van der Waals surface area contributed by atoms with E-state index in [1.54, 1.807) is 28.8 Å². The van der Waals surface area contributed by atoms with Gasteiger partial charge in [0.25, 0.3) is 5.56 Å². The lowest BCUT2D eigenvalue weighted by atomic mass is 10.2. The van der Waals surface area contributed by atoms with Crippen LogP contribution in [0.25, 0.3) is 4.96 Å². The number of sulfonamides is 1. The van der Waals surface area contributed by atoms with E-state index in [2.05, 4.69) is 19.8 Å². The van der Waals surface area contributed by atoms with Crippen molar-refractivity contribution >= 4 is 32.1 Å². The number of nitrogens with zero attached hydrogens (tertiary/aromatic N) is 6. The summed E-state index contributed by atoms with van der Waals surface area (Å²) in [5.74, 6) is 0.766. The summed E-state index contributed by atoms with van der Waals surface area (Å²) in [5, 5.41) is 1.86. The van der Waals surface area contributed by atoms with Gasteiger partial charge in [-0.15, -0.1) is 11.3 Å². The summed E-state index contributed by atoms with van der Waals surface area (Å²) in [6.45, 7) is 5.34. The first-order valence-corrected chi connectivity index (χ1v) is 12.8. The van der Waals surface area contributed by atoms with Crippen molar-refractivity contribution in [2.75, 3.05) is 57.4 Å². The van der Waals surface area contributed by atoms with E-state index < -0.39 is 10.0 Å². The highest BCUT2D eigenvalue weighted by Gasteiger charge is 2.27. The monoisotopic (exact) mass is 476 g/mol. The number of rotatable bonds is 5. The Labute approximate surface area is 189 Å². The molecule has 0 aromatic carbocycles. The number of morpholine rings is 1. The molecule has 0 radical (unpaired) electrons. The Morgan fingerprint density at radius 2 is 1.84 bits per heavy atom. The Morgan fingerprint density at radius 3 is 2.56 bits per heavy atom. The van der Waals surface area contributed by atoms with Crippen molar-refractivity contribution < 1.29 is 13.2 Å². The van der Waals surface area contributed by atoms with Gasteiger partial charge in [0, 0.05) is 69.7 Å². The number of hydrogen-bond acceptors (Lipinski definition) is 9. The van der Waals surface area contributed by atoms with Crippen LogP contribution in [0.4, 0.5) is 5.82 Å². The van der Waals surface area contributed by atoms with E-state index in [0.29, 0.717) is 37.8 Å². The molecule has 10 nitrogen and oxygen atoms in total. The normalized spacial score (nSPS) is 18.9. The lowest BCUT2D eigenvalue weighted by Gasteiger charge is -2.35. The van der Waals surface area contributed by atoms with Gasteiger partial charge in [-0.3, -0.25) is 14.1 Å². The van der Waals surface area contributed by atoms with Crippen molar-refractivity contribution in [1.29, 1.82) is 0 Å². The molecule has 2 aliphatic heterocycles. The molecule has 0 N–H and O–H groups in total. The van der Waals surface area contributed by atoms with Crippen molar-refractivity contribution in [3.8, 4) is 0 Å². The molecule has 0 bridgehead atoms. The van der Waals surface area contributed by atoms with Crippen molar-refractivity contribution in [1.82, 2.24) is 23.6 Å². The molecule has 3 aromatic rings. The van der Waals surface area contributed by atoms with Gasteiger partial charge in [0.1, 0.15) is 10.7 Å². The van der Waals surface area contributed by atoms with E-state index in [4.69, 9.17) is 4.74 Å². The molecule has 0 saturated carbocycles. The molecule has 2 aliphatic rings. The summed E-state index contributed by atoms with van der Waals surface area (Å²) >= 11 is 1.45. The van der Waals surface area contributed by atoms with E-state index >= 15 is 0 Å². The van der Waals surface area contributed by atoms with E-state index in [1.165, 1.54) is 21.8 Å². The van der Waals surface area contributed by atoms with Gasteiger partial charge in [0.2, 0.25) is 10.0 Å². The molecule has 0 spiro atoms. The highest BCUT2D eigenvalue weighted by atomic mass is 32.2. The first-order valence-electron chi connectivity index (χ1n) is 10.5. The maximum Gasteiger partial charge on any atom is 0.258 e. The highest BCUT2D eigenvalue weighted by Crippen LogP contribution is 2.20. The maximum absolute atomic E-state index is 12.8. The topological polar surface area (TPSA) is 100 Å². The molecule has 2 saturated heterocycles. The minimum atomic E-state index is -3.54. The Morgan fingerprint density at radius 1 is 1.06 bits per heavy atom. The van der Waals surface area contributed by atoms with Gasteiger partial charge in [-0.1, -0.05) is 0 Å². The van der Waals surface area contributed by atoms with Gasteiger partial charge in [-0.05, 0) is 12.1 Å². The summed E-state index contributed by atoms with van der Waals surface area (Å²) in [6, 6.07) is 5.00. The smallest absolute Gasteiger partial charge is 0.258 e. The molecular formula is C20H24N6O4S2. The molecule has 5 rings (SSSR count). The molecule has 2 fully saturated rings. The minimum absolute atomic E-state index is 0.0544. The zero-order valence-electron chi connectivity index (χ0n) is 17.5. The average Bonchev–Trinajstić information content (AvgIpc) is 3.30. The van der Waals surface area contributed by atoms with Crippen molar-refractivity contribution in [2.45, 2.75) is 11.4 Å². The minimum Gasteiger partial charge on any atom is -0.379 e. The maximum atomic E-state index is 12.8. The lowest BCUT2D eigenvalue weighted by Crippen LogP contribution is -2.46. The molecule has 5 heterocycles. The first kappa shape index (κ1) is 21.5. The van der Waals surface area contributed by atoms with Crippen LogP contribution in [-0.2, 0) is 21.3 Å². The van der Waals surface area contributed by atoms with Crippen LogP contribution < -0.4 is 10.5 Å².